The Morgan fingerprint density at radius 1 is 1.33 bits per heavy atom. The quantitative estimate of drug-likeness (QED) is 0.733. The molecule has 0 radical (unpaired) electrons. The molecule has 3 heteroatoms. The van der Waals surface area contributed by atoms with E-state index in [1.165, 1.54) is 0 Å². The smallest absolute Gasteiger partial charge is 0.132 e. The summed E-state index contributed by atoms with van der Waals surface area (Å²) in [4.78, 5) is 4.43. The van der Waals surface area contributed by atoms with Crippen LogP contribution in [0.3, 0.4) is 0 Å². The lowest BCUT2D eigenvalue weighted by Gasteiger charge is -2.09. The summed E-state index contributed by atoms with van der Waals surface area (Å²) in [5, 5.41) is 13.1. The molecule has 1 aliphatic heterocycles. The van der Waals surface area contributed by atoms with Crippen LogP contribution in [0.5, 0.6) is 5.75 Å². The number of rotatable bonds is 1. The molecule has 2 N–H and O–H groups in total. The minimum Gasteiger partial charge on any atom is -0.507 e. The van der Waals surface area contributed by atoms with E-state index in [2.05, 4.69) is 10.3 Å². The van der Waals surface area contributed by atoms with Crippen molar-refractivity contribution in [3.05, 3.63) is 29.3 Å². The van der Waals surface area contributed by atoms with E-state index in [0.717, 1.165) is 42.9 Å². The van der Waals surface area contributed by atoms with Gasteiger partial charge in [-0.25, -0.2) is 0 Å². The lowest BCUT2D eigenvalue weighted by Crippen LogP contribution is -2.24. The normalized spacial score (nSPS) is 16.5. The summed E-state index contributed by atoms with van der Waals surface area (Å²) in [6.07, 6.45) is 2.25. The highest BCUT2D eigenvalue weighted by Gasteiger charge is 2.10. The Kier molecular flexibility index (Phi) is 2.90. The molecule has 80 valence electrons. The number of aliphatic imine (C=N–C) groups is 1. The molecule has 2 rings (SSSR count). The summed E-state index contributed by atoms with van der Waals surface area (Å²) < 4.78 is 0. The topological polar surface area (TPSA) is 44.6 Å². The molecule has 1 heterocycles. The summed E-state index contributed by atoms with van der Waals surface area (Å²) >= 11 is 0. The summed E-state index contributed by atoms with van der Waals surface area (Å²) in [6.45, 7) is 3.74. The van der Waals surface area contributed by atoms with Crippen molar-refractivity contribution < 1.29 is 5.11 Å². The molecule has 0 unspecified atom stereocenters. The van der Waals surface area contributed by atoms with Gasteiger partial charge in [-0.15, -0.1) is 0 Å². The van der Waals surface area contributed by atoms with E-state index < -0.39 is 0 Å². The van der Waals surface area contributed by atoms with Crippen molar-refractivity contribution in [2.24, 2.45) is 4.99 Å². The second-order valence-corrected chi connectivity index (χ2v) is 3.88. The Labute approximate surface area is 89.9 Å². The SMILES string of the molecule is Cc1ccc(C2=NCCCCN2)c(O)c1. The summed E-state index contributed by atoms with van der Waals surface area (Å²) in [6, 6.07) is 5.68. The van der Waals surface area contributed by atoms with Crippen LogP contribution in [0.4, 0.5) is 0 Å². The van der Waals surface area contributed by atoms with Gasteiger partial charge in [0.15, 0.2) is 0 Å². The van der Waals surface area contributed by atoms with E-state index in [-0.39, 0.29) is 0 Å². The zero-order valence-corrected chi connectivity index (χ0v) is 8.95. The van der Waals surface area contributed by atoms with Crippen molar-refractivity contribution in [2.75, 3.05) is 13.1 Å². The summed E-state index contributed by atoms with van der Waals surface area (Å²) in [7, 11) is 0. The Morgan fingerprint density at radius 3 is 3.00 bits per heavy atom. The number of hydrogen-bond donors (Lipinski definition) is 2. The van der Waals surface area contributed by atoms with E-state index in [9.17, 15) is 5.11 Å². The first-order valence-corrected chi connectivity index (χ1v) is 5.36. The first-order valence-electron chi connectivity index (χ1n) is 5.36. The first kappa shape index (κ1) is 10.0. The molecule has 0 bridgehead atoms. The number of benzene rings is 1. The van der Waals surface area contributed by atoms with Gasteiger partial charge >= 0.3 is 0 Å². The van der Waals surface area contributed by atoms with Gasteiger partial charge in [0, 0.05) is 13.1 Å². The van der Waals surface area contributed by atoms with E-state index in [4.69, 9.17) is 0 Å². The lowest BCUT2D eigenvalue weighted by atomic mass is 10.1. The maximum atomic E-state index is 9.81. The fraction of sp³-hybridized carbons (Fsp3) is 0.417. The van der Waals surface area contributed by atoms with Gasteiger partial charge in [0.1, 0.15) is 11.6 Å². The van der Waals surface area contributed by atoms with Crippen LogP contribution in [0, 0.1) is 6.92 Å². The second kappa shape index (κ2) is 4.34. The third-order valence-corrected chi connectivity index (χ3v) is 2.56. The predicted octanol–water partition coefficient (Wildman–Crippen LogP) is 1.83. The Bertz CT molecular complexity index is 385. The molecule has 1 aromatic carbocycles. The summed E-state index contributed by atoms with van der Waals surface area (Å²) in [5.41, 5.74) is 1.87. The Morgan fingerprint density at radius 2 is 2.20 bits per heavy atom. The molecule has 1 aliphatic rings. The van der Waals surface area contributed by atoms with Crippen molar-refractivity contribution in [3.8, 4) is 5.75 Å². The standard InChI is InChI=1S/C12H16N2O/c1-9-4-5-10(11(15)8-9)12-13-6-2-3-7-14-12/h4-5,8,15H,2-3,6-7H2,1H3,(H,13,14). The molecule has 15 heavy (non-hydrogen) atoms. The van der Waals surface area contributed by atoms with Gasteiger partial charge in [0.25, 0.3) is 0 Å². The fourth-order valence-electron chi connectivity index (χ4n) is 1.71. The maximum Gasteiger partial charge on any atom is 0.132 e. The van der Waals surface area contributed by atoms with Crippen LogP contribution in [0.15, 0.2) is 23.2 Å². The van der Waals surface area contributed by atoms with Crippen molar-refractivity contribution in [3.63, 3.8) is 0 Å². The van der Waals surface area contributed by atoms with Gasteiger partial charge in [0.2, 0.25) is 0 Å². The molecule has 0 atom stereocenters. The molecule has 1 aromatic rings. The number of amidine groups is 1. The van der Waals surface area contributed by atoms with Crippen molar-refractivity contribution in [1.82, 2.24) is 5.32 Å². The zero-order valence-electron chi connectivity index (χ0n) is 8.95. The average molecular weight is 204 g/mol. The van der Waals surface area contributed by atoms with Crippen LogP contribution in [0.2, 0.25) is 0 Å². The minimum absolute atomic E-state index is 0.308. The third-order valence-electron chi connectivity index (χ3n) is 2.56. The van der Waals surface area contributed by atoms with Gasteiger partial charge in [-0.05, 0) is 37.5 Å². The van der Waals surface area contributed by atoms with Crippen LogP contribution >= 0.6 is 0 Å². The van der Waals surface area contributed by atoms with E-state index in [1.807, 2.05) is 19.1 Å². The number of aryl methyl sites for hydroxylation is 1. The molecular weight excluding hydrogens is 188 g/mol. The van der Waals surface area contributed by atoms with Gasteiger partial charge in [0.05, 0.1) is 5.56 Å². The molecule has 0 aliphatic carbocycles. The number of nitrogens with one attached hydrogen (secondary N) is 1. The molecule has 0 aromatic heterocycles. The van der Waals surface area contributed by atoms with Gasteiger partial charge in [-0.1, -0.05) is 6.07 Å². The van der Waals surface area contributed by atoms with Crippen molar-refractivity contribution in [2.45, 2.75) is 19.8 Å². The molecule has 0 saturated carbocycles. The molecule has 0 spiro atoms. The number of aromatic hydroxyl groups is 1. The molecular formula is C12H16N2O. The zero-order chi connectivity index (χ0) is 10.7. The van der Waals surface area contributed by atoms with Crippen LogP contribution in [0.25, 0.3) is 0 Å². The highest BCUT2D eigenvalue weighted by Crippen LogP contribution is 2.19. The molecule has 0 amide bonds. The third kappa shape index (κ3) is 2.29. The van der Waals surface area contributed by atoms with E-state index >= 15 is 0 Å². The largest absolute Gasteiger partial charge is 0.507 e. The highest BCUT2D eigenvalue weighted by molar-refractivity contribution is 6.01. The van der Waals surface area contributed by atoms with Crippen LogP contribution in [-0.2, 0) is 0 Å². The van der Waals surface area contributed by atoms with Crippen molar-refractivity contribution >= 4 is 5.84 Å². The predicted molar refractivity (Wildman–Crippen MR) is 61.5 cm³/mol. The first-order chi connectivity index (χ1) is 7.27. The highest BCUT2D eigenvalue weighted by atomic mass is 16.3. The summed E-state index contributed by atoms with van der Waals surface area (Å²) in [5.74, 6) is 1.13. The minimum atomic E-state index is 0.308. The molecule has 3 nitrogen and oxygen atoms in total. The van der Waals surface area contributed by atoms with Gasteiger partial charge in [-0.3, -0.25) is 4.99 Å². The fourth-order valence-corrected chi connectivity index (χ4v) is 1.71. The van der Waals surface area contributed by atoms with E-state index in [0.29, 0.717) is 5.75 Å². The monoisotopic (exact) mass is 204 g/mol. The van der Waals surface area contributed by atoms with Gasteiger partial charge < -0.3 is 10.4 Å². The second-order valence-electron chi connectivity index (χ2n) is 3.88. The molecule has 0 saturated heterocycles. The Hall–Kier alpha value is -1.51. The van der Waals surface area contributed by atoms with Gasteiger partial charge in [-0.2, -0.15) is 0 Å². The lowest BCUT2D eigenvalue weighted by molar-refractivity contribution is 0.473. The maximum absolute atomic E-state index is 9.81. The number of nitrogens with zero attached hydrogens (tertiary/aromatic N) is 1. The van der Waals surface area contributed by atoms with Crippen LogP contribution in [-0.4, -0.2) is 24.0 Å². The Balaban J connectivity index is 2.31. The van der Waals surface area contributed by atoms with Crippen molar-refractivity contribution in [1.29, 1.82) is 0 Å². The van der Waals surface area contributed by atoms with E-state index in [1.54, 1.807) is 6.07 Å². The van der Waals surface area contributed by atoms with Crippen LogP contribution in [0.1, 0.15) is 24.0 Å². The number of phenols is 1. The van der Waals surface area contributed by atoms with Crippen LogP contribution < -0.4 is 5.32 Å². The number of phenolic OH excluding ortho intramolecular Hbond substituents is 1. The molecule has 0 fully saturated rings. The average Bonchev–Trinajstić information content (AvgIpc) is 2.46. The number of hydrogen-bond acceptors (Lipinski definition) is 3.